The molecule has 120 valence electrons. The van der Waals surface area contributed by atoms with Crippen LogP contribution >= 0.6 is 34.8 Å². The van der Waals surface area contributed by atoms with Crippen molar-refractivity contribution in [3.8, 4) is 0 Å². The number of carbonyl (C=O) groups excluding carboxylic acids is 2. The Morgan fingerprint density at radius 1 is 0.957 bits per heavy atom. The molecule has 0 aliphatic heterocycles. The fourth-order valence-corrected chi connectivity index (χ4v) is 2.23. The van der Waals surface area contributed by atoms with Crippen LogP contribution in [0.15, 0.2) is 36.4 Å². The number of amides is 2. The van der Waals surface area contributed by atoms with Gasteiger partial charge in [-0.05, 0) is 36.4 Å². The standard InChI is InChI=1S/C15H11Cl3N2O3/c1-23-14(21)10-6-8(16)2-5-13(10)20-15(22)19-9-3-4-11(17)12(18)7-9/h2-7H,1H3,(H2,19,20,22). The van der Waals surface area contributed by atoms with Gasteiger partial charge in [-0.25, -0.2) is 9.59 Å². The summed E-state index contributed by atoms with van der Waals surface area (Å²) in [5, 5.41) is 6.17. The lowest BCUT2D eigenvalue weighted by Crippen LogP contribution is -2.21. The molecular weight excluding hydrogens is 363 g/mol. The third kappa shape index (κ3) is 4.51. The molecule has 0 radical (unpaired) electrons. The average Bonchev–Trinajstić information content (AvgIpc) is 2.52. The molecule has 0 fully saturated rings. The molecule has 0 bridgehead atoms. The molecule has 0 atom stereocenters. The highest BCUT2D eigenvalue weighted by molar-refractivity contribution is 6.42. The molecule has 0 spiro atoms. The van der Waals surface area contributed by atoms with Gasteiger partial charge in [0.1, 0.15) is 0 Å². The Morgan fingerprint density at radius 3 is 2.35 bits per heavy atom. The number of benzene rings is 2. The van der Waals surface area contributed by atoms with Crippen molar-refractivity contribution in [2.45, 2.75) is 0 Å². The Labute approximate surface area is 147 Å². The van der Waals surface area contributed by atoms with Crippen molar-refractivity contribution in [1.29, 1.82) is 0 Å². The van der Waals surface area contributed by atoms with Gasteiger partial charge in [-0.15, -0.1) is 0 Å². The van der Waals surface area contributed by atoms with Gasteiger partial charge in [0.25, 0.3) is 0 Å². The first-order valence-electron chi connectivity index (χ1n) is 6.31. The van der Waals surface area contributed by atoms with E-state index in [1.54, 1.807) is 18.2 Å². The Morgan fingerprint density at radius 2 is 1.70 bits per heavy atom. The number of ether oxygens (including phenoxy) is 1. The van der Waals surface area contributed by atoms with Crippen LogP contribution in [-0.4, -0.2) is 19.1 Å². The van der Waals surface area contributed by atoms with Gasteiger partial charge in [0, 0.05) is 10.7 Å². The molecule has 2 aromatic carbocycles. The molecule has 5 nitrogen and oxygen atoms in total. The fraction of sp³-hybridized carbons (Fsp3) is 0.0667. The van der Waals surface area contributed by atoms with Gasteiger partial charge in [0.15, 0.2) is 0 Å². The van der Waals surface area contributed by atoms with Crippen LogP contribution in [-0.2, 0) is 4.74 Å². The number of methoxy groups -OCH3 is 1. The van der Waals surface area contributed by atoms with Crippen LogP contribution in [0.1, 0.15) is 10.4 Å². The Bertz CT molecular complexity index is 766. The molecule has 2 amide bonds. The van der Waals surface area contributed by atoms with E-state index in [-0.39, 0.29) is 11.3 Å². The lowest BCUT2D eigenvalue weighted by molar-refractivity contribution is 0.0602. The molecule has 2 aromatic rings. The third-order valence-electron chi connectivity index (χ3n) is 2.81. The number of anilines is 2. The fourth-order valence-electron chi connectivity index (χ4n) is 1.76. The van der Waals surface area contributed by atoms with Crippen LogP contribution in [0, 0.1) is 0 Å². The largest absolute Gasteiger partial charge is 0.465 e. The molecule has 0 aliphatic carbocycles. The Kier molecular flexibility index (Phi) is 5.71. The van der Waals surface area contributed by atoms with Crippen molar-refractivity contribution in [3.63, 3.8) is 0 Å². The minimum absolute atomic E-state index is 0.143. The highest BCUT2D eigenvalue weighted by atomic mass is 35.5. The molecule has 0 saturated carbocycles. The smallest absolute Gasteiger partial charge is 0.340 e. The zero-order chi connectivity index (χ0) is 17.0. The average molecular weight is 374 g/mol. The van der Waals surface area contributed by atoms with Crippen LogP contribution in [0.2, 0.25) is 15.1 Å². The van der Waals surface area contributed by atoms with Gasteiger partial charge < -0.3 is 15.4 Å². The number of halogens is 3. The van der Waals surface area contributed by atoms with Gasteiger partial charge in [0.05, 0.1) is 28.4 Å². The van der Waals surface area contributed by atoms with Crippen LogP contribution < -0.4 is 10.6 Å². The van der Waals surface area contributed by atoms with E-state index in [9.17, 15) is 9.59 Å². The summed E-state index contributed by atoms with van der Waals surface area (Å²) >= 11 is 17.5. The summed E-state index contributed by atoms with van der Waals surface area (Å²) in [7, 11) is 1.24. The quantitative estimate of drug-likeness (QED) is 0.737. The lowest BCUT2D eigenvalue weighted by Gasteiger charge is -2.11. The molecule has 8 heteroatoms. The highest BCUT2D eigenvalue weighted by Gasteiger charge is 2.15. The van der Waals surface area contributed by atoms with Crippen molar-refractivity contribution in [1.82, 2.24) is 0 Å². The molecule has 0 heterocycles. The van der Waals surface area contributed by atoms with Crippen LogP contribution in [0.4, 0.5) is 16.2 Å². The van der Waals surface area contributed by atoms with Crippen LogP contribution in [0.25, 0.3) is 0 Å². The zero-order valence-electron chi connectivity index (χ0n) is 11.8. The first-order chi connectivity index (χ1) is 10.9. The van der Waals surface area contributed by atoms with Crippen LogP contribution in [0.5, 0.6) is 0 Å². The van der Waals surface area contributed by atoms with Crippen molar-refractivity contribution in [3.05, 3.63) is 57.0 Å². The van der Waals surface area contributed by atoms with E-state index in [1.165, 1.54) is 25.3 Å². The predicted octanol–water partition coefficient (Wildman–Crippen LogP) is 5.08. The van der Waals surface area contributed by atoms with Crippen molar-refractivity contribution >= 4 is 58.2 Å². The molecule has 0 aromatic heterocycles. The van der Waals surface area contributed by atoms with E-state index < -0.39 is 12.0 Å². The summed E-state index contributed by atoms with van der Waals surface area (Å²) in [5.74, 6) is -0.614. The summed E-state index contributed by atoms with van der Waals surface area (Å²) in [5.41, 5.74) is 0.855. The van der Waals surface area contributed by atoms with Gasteiger partial charge >= 0.3 is 12.0 Å². The lowest BCUT2D eigenvalue weighted by atomic mass is 10.2. The van der Waals surface area contributed by atoms with E-state index >= 15 is 0 Å². The Balaban J connectivity index is 2.16. The summed E-state index contributed by atoms with van der Waals surface area (Å²) < 4.78 is 4.66. The van der Waals surface area contributed by atoms with Gasteiger partial charge in [-0.2, -0.15) is 0 Å². The molecule has 2 rings (SSSR count). The molecule has 0 aliphatic rings. The van der Waals surface area contributed by atoms with E-state index in [0.717, 1.165) is 0 Å². The number of hydrogen-bond acceptors (Lipinski definition) is 3. The summed E-state index contributed by atoms with van der Waals surface area (Å²) in [4.78, 5) is 23.8. The minimum Gasteiger partial charge on any atom is -0.465 e. The molecular formula is C15H11Cl3N2O3. The summed E-state index contributed by atoms with van der Waals surface area (Å²) in [6, 6.07) is 8.55. The first kappa shape index (κ1) is 17.4. The SMILES string of the molecule is COC(=O)c1cc(Cl)ccc1NC(=O)Nc1ccc(Cl)c(Cl)c1. The van der Waals surface area contributed by atoms with Crippen LogP contribution in [0.3, 0.4) is 0 Å². The first-order valence-corrected chi connectivity index (χ1v) is 7.45. The van der Waals surface area contributed by atoms with Gasteiger partial charge in [0.2, 0.25) is 0 Å². The normalized spacial score (nSPS) is 10.1. The van der Waals surface area contributed by atoms with E-state index in [0.29, 0.717) is 20.8 Å². The number of rotatable bonds is 3. The number of hydrogen-bond donors (Lipinski definition) is 2. The van der Waals surface area contributed by atoms with Crippen molar-refractivity contribution < 1.29 is 14.3 Å². The molecule has 23 heavy (non-hydrogen) atoms. The monoisotopic (exact) mass is 372 g/mol. The number of nitrogens with one attached hydrogen (secondary N) is 2. The molecule has 2 N–H and O–H groups in total. The number of carbonyl (C=O) groups is 2. The van der Waals surface area contributed by atoms with Crippen molar-refractivity contribution in [2.24, 2.45) is 0 Å². The number of urea groups is 1. The summed E-state index contributed by atoms with van der Waals surface area (Å²) in [6.07, 6.45) is 0. The maximum atomic E-state index is 12.0. The second kappa shape index (κ2) is 7.55. The predicted molar refractivity (Wildman–Crippen MR) is 91.9 cm³/mol. The second-order valence-electron chi connectivity index (χ2n) is 4.39. The highest BCUT2D eigenvalue weighted by Crippen LogP contribution is 2.25. The topological polar surface area (TPSA) is 67.4 Å². The molecule has 0 unspecified atom stereocenters. The third-order valence-corrected chi connectivity index (χ3v) is 3.79. The van der Waals surface area contributed by atoms with Gasteiger partial charge in [-0.3, -0.25) is 0 Å². The Hall–Kier alpha value is -1.95. The maximum Gasteiger partial charge on any atom is 0.340 e. The molecule has 0 saturated heterocycles. The zero-order valence-corrected chi connectivity index (χ0v) is 14.1. The van der Waals surface area contributed by atoms with E-state index in [2.05, 4.69) is 15.4 Å². The second-order valence-corrected chi connectivity index (χ2v) is 5.64. The van der Waals surface area contributed by atoms with E-state index in [1.807, 2.05) is 0 Å². The summed E-state index contributed by atoms with van der Waals surface area (Å²) in [6.45, 7) is 0. The maximum absolute atomic E-state index is 12.0. The van der Waals surface area contributed by atoms with Crippen molar-refractivity contribution in [2.75, 3.05) is 17.7 Å². The van der Waals surface area contributed by atoms with Gasteiger partial charge in [-0.1, -0.05) is 34.8 Å². The minimum atomic E-state index is -0.614. The van der Waals surface area contributed by atoms with E-state index in [4.69, 9.17) is 34.8 Å². The number of esters is 1.